The predicted molar refractivity (Wildman–Crippen MR) is 57.3 cm³/mol. The van der Waals surface area contributed by atoms with Crippen LogP contribution in [0.25, 0.3) is 0 Å². The van der Waals surface area contributed by atoms with Gasteiger partial charge in [0, 0.05) is 12.1 Å². The Morgan fingerprint density at radius 3 is 1.79 bits per heavy atom. The van der Waals surface area contributed by atoms with Crippen LogP contribution in [0.3, 0.4) is 0 Å². The quantitative estimate of drug-likeness (QED) is 0.703. The highest BCUT2D eigenvalue weighted by Crippen LogP contribution is 2.52. The van der Waals surface area contributed by atoms with Gasteiger partial charge in [0.1, 0.15) is 0 Å². The monoisotopic (exact) mass is 220 g/mol. The van der Waals surface area contributed by atoms with Crippen LogP contribution in [-0.4, -0.2) is 26.8 Å². The molecule has 0 atom stereocenters. The Kier molecular flexibility index (Phi) is 2.50. The Morgan fingerprint density at radius 1 is 1.14 bits per heavy atom. The van der Waals surface area contributed by atoms with Crippen molar-refractivity contribution in [3.63, 3.8) is 0 Å². The number of nitrogens with two attached hydrogens (primary N) is 1. The van der Waals surface area contributed by atoms with Crippen molar-refractivity contribution in [3.05, 3.63) is 0 Å². The zero-order chi connectivity index (χ0) is 11.4. The van der Waals surface area contributed by atoms with Gasteiger partial charge in [0.2, 0.25) is 10.0 Å². The molecule has 0 bridgehead atoms. The fourth-order valence-electron chi connectivity index (χ4n) is 2.70. The lowest BCUT2D eigenvalue weighted by Crippen LogP contribution is -2.75. The van der Waals surface area contributed by atoms with Gasteiger partial charge in [-0.2, -0.15) is 0 Å². The van der Waals surface area contributed by atoms with Gasteiger partial charge >= 0.3 is 0 Å². The molecule has 4 nitrogen and oxygen atoms in total. The van der Waals surface area contributed by atoms with E-state index >= 15 is 0 Å². The van der Waals surface area contributed by atoms with Crippen molar-refractivity contribution in [2.45, 2.75) is 39.8 Å². The molecule has 0 spiro atoms. The molecule has 1 rings (SSSR count). The van der Waals surface area contributed by atoms with E-state index in [2.05, 4.69) is 4.72 Å². The summed E-state index contributed by atoms with van der Waals surface area (Å²) in [5, 5.41) is 0. The Balaban J connectivity index is 2.90. The van der Waals surface area contributed by atoms with Gasteiger partial charge in [0.05, 0.1) is 6.26 Å². The molecule has 14 heavy (non-hydrogen) atoms. The summed E-state index contributed by atoms with van der Waals surface area (Å²) in [5.74, 6) is 0. The number of hydrogen-bond donors (Lipinski definition) is 2. The van der Waals surface area contributed by atoms with Crippen molar-refractivity contribution in [3.8, 4) is 0 Å². The van der Waals surface area contributed by atoms with Crippen LogP contribution >= 0.6 is 0 Å². The third-order valence-electron chi connectivity index (χ3n) is 3.42. The van der Waals surface area contributed by atoms with Gasteiger partial charge in [-0.1, -0.05) is 27.7 Å². The minimum atomic E-state index is -3.16. The molecule has 1 aliphatic rings. The van der Waals surface area contributed by atoms with E-state index in [0.717, 1.165) is 0 Å². The zero-order valence-electron chi connectivity index (χ0n) is 9.46. The first-order valence-electron chi connectivity index (χ1n) is 4.72. The van der Waals surface area contributed by atoms with Gasteiger partial charge < -0.3 is 5.73 Å². The summed E-state index contributed by atoms with van der Waals surface area (Å²) < 4.78 is 25.0. The second-order valence-corrected chi connectivity index (χ2v) is 7.22. The van der Waals surface area contributed by atoms with E-state index in [-0.39, 0.29) is 22.9 Å². The summed E-state index contributed by atoms with van der Waals surface area (Å²) in [6.07, 6.45) is 1.18. The lowest BCUT2D eigenvalue weighted by atomic mass is 9.49. The van der Waals surface area contributed by atoms with Crippen LogP contribution in [0.4, 0.5) is 0 Å². The average molecular weight is 220 g/mol. The molecule has 3 N–H and O–H groups in total. The van der Waals surface area contributed by atoms with Gasteiger partial charge in [-0.05, 0) is 10.8 Å². The lowest BCUT2D eigenvalue weighted by molar-refractivity contribution is -0.0592. The summed E-state index contributed by atoms with van der Waals surface area (Å²) in [6.45, 7) is 7.97. The van der Waals surface area contributed by atoms with E-state index in [9.17, 15) is 8.42 Å². The first-order chi connectivity index (χ1) is 5.99. The van der Waals surface area contributed by atoms with Gasteiger partial charge in [-0.25, -0.2) is 13.1 Å². The average Bonchev–Trinajstić information content (AvgIpc) is 1.97. The molecule has 5 heteroatoms. The maximum Gasteiger partial charge on any atom is 0.208 e. The van der Waals surface area contributed by atoms with Crippen molar-refractivity contribution in [2.24, 2.45) is 16.6 Å². The van der Waals surface area contributed by atoms with Crippen LogP contribution in [0, 0.1) is 10.8 Å². The topological polar surface area (TPSA) is 72.2 Å². The highest BCUT2D eigenvalue weighted by Gasteiger charge is 2.60. The van der Waals surface area contributed by atoms with Crippen LogP contribution in [-0.2, 0) is 10.0 Å². The molecule has 0 aromatic heterocycles. The summed E-state index contributed by atoms with van der Waals surface area (Å²) in [4.78, 5) is 0. The van der Waals surface area contributed by atoms with Gasteiger partial charge in [-0.3, -0.25) is 0 Å². The minimum absolute atomic E-state index is 0.0225. The third kappa shape index (κ3) is 1.68. The van der Waals surface area contributed by atoms with E-state index in [1.54, 1.807) is 0 Å². The number of sulfonamides is 1. The lowest BCUT2D eigenvalue weighted by Gasteiger charge is -2.62. The van der Waals surface area contributed by atoms with Crippen LogP contribution in [0.2, 0.25) is 0 Å². The molecule has 0 amide bonds. The fraction of sp³-hybridized carbons (Fsp3) is 1.00. The van der Waals surface area contributed by atoms with E-state index in [4.69, 9.17) is 5.73 Å². The number of nitrogens with one attached hydrogen (secondary N) is 1. The van der Waals surface area contributed by atoms with Crippen molar-refractivity contribution in [1.82, 2.24) is 4.72 Å². The fourth-order valence-corrected chi connectivity index (χ4v) is 3.73. The molecule has 84 valence electrons. The predicted octanol–water partition coefficient (Wildman–Crippen LogP) is 0.298. The normalized spacial score (nSPS) is 35.0. The summed E-state index contributed by atoms with van der Waals surface area (Å²) in [6, 6.07) is -0.0609. The molecule has 0 heterocycles. The smallest absolute Gasteiger partial charge is 0.208 e. The highest BCUT2D eigenvalue weighted by molar-refractivity contribution is 7.88. The van der Waals surface area contributed by atoms with Crippen molar-refractivity contribution in [2.75, 3.05) is 6.26 Å². The molecular formula is C9H20N2O2S. The van der Waals surface area contributed by atoms with Gasteiger partial charge in [0.25, 0.3) is 0 Å². The van der Waals surface area contributed by atoms with E-state index in [1.807, 2.05) is 27.7 Å². The number of rotatable bonds is 2. The van der Waals surface area contributed by atoms with Crippen LogP contribution in [0.5, 0.6) is 0 Å². The van der Waals surface area contributed by atoms with Crippen LogP contribution in [0.1, 0.15) is 27.7 Å². The first kappa shape index (κ1) is 11.9. The maximum absolute atomic E-state index is 11.2. The molecule has 0 aliphatic heterocycles. The third-order valence-corrected chi connectivity index (χ3v) is 4.09. The second kappa shape index (κ2) is 2.93. The standard InChI is InChI=1S/C9H20N2O2S/c1-8(2)6(10)9(3,4)7(8)11-14(5,12)13/h6-7,11H,10H2,1-5H3. The molecule has 0 unspecified atom stereocenters. The Bertz CT molecular complexity index is 317. The zero-order valence-corrected chi connectivity index (χ0v) is 10.3. The van der Waals surface area contributed by atoms with Crippen molar-refractivity contribution in [1.29, 1.82) is 0 Å². The molecule has 1 saturated carbocycles. The molecule has 0 aromatic carbocycles. The molecule has 0 saturated heterocycles. The Morgan fingerprint density at radius 2 is 1.50 bits per heavy atom. The first-order valence-corrected chi connectivity index (χ1v) is 6.61. The van der Waals surface area contributed by atoms with Crippen LogP contribution < -0.4 is 10.5 Å². The van der Waals surface area contributed by atoms with Crippen LogP contribution in [0.15, 0.2) is 0 Å². The molecule has 0 aromatic rings. The molecular weight excluding hydrogens is 200 g/mol. The highest BCUT2D eigenvalue weighted by atomic mass is 32.2. The van der Waals surface area contributed by atoms with Crippen molar-refractivity contribution >= 4 is 10.0 Å². The maximum atomic E-state index is 11.2. The minimum Gasteiger partial charge on any atom is -0.327 e. The summed E-state index contributed by atoms with van der Waals surface area (Å²) in [5.41, 5.74) is 5.66. The molecule has 1 aliphatic carbocycles. The van der Waals surface area contributed by atoms with E-state index in [0.29, 0.717) is 0 Å². The summed E-state index contributed by atoms with van der Waals surface area (Å²) in [7, 11) is -3.16. The van der Waals surface area contributed by atoms with Gasteiger partial charge in [0.15, 0.2) is 0 Å². The Labute approximate surface area is 86.3 Å². The SMILES string of the molecule is CC1(C)C(N)C(C)(C)C1NS(C)(=O)=O. The van der Waals surface area contributed by atoms with E-state index < -0.39 is 10.0 Å². The molecule has 0 radical (unpaired) electrons. The Hall–Kier alpha value is -0.130. The largest absolute Gasteiger partial charge is 0.327 e. The second-order valence-electron chi connectivity index (χ2n) is 5.44. The van der Waals surface area contributed by atoms with E-state index in [1.165, 1.54) is 6.26 Å². The molecule has 1 fully saturated rings. The summed E-state index contributed by atoms with van der Waals surface area (Å²) >= 11 is 0. The number of hydrogen-bond acceptors (Lipinski definition) is 3. The van der Waals surface area contributed by atoms with Crippen molar-refractivity contribution < 1.29 is 8.42 Å². The van der Waals surface area contributed by atoms with Gasteiger partial charge in [-0.15, -0.1) is 0 Å².